The molecule has 6 rings (SSSR count). The van der Waals surface area contributed by atoms with E-state index in [9.17, 15) is 14.4 Å². The molecule has 30 heavy (non-hydrogen) atoms. The van der Waals surface area contributed by atoms with Gasteiger partial charge in [0.1, 0.15) is 0 Å². The molecule has 4 N–H and O–H groups in total. The Hall–Kier alpha value is -3.11. The van der Waals surface area contributed by atoms with Gasteiger partial charge in [0.15, 0.2) is 5.75 Å². The number of aromatic amines is 2. The zero-order valence-corrected chi connectivity index (χ0v) is 16.8. The zero-order chi connectivity index (χ0) is 21.2. The van der Waals surface area contributed by atoms with Crippen molar-refractivity contribution < 1.29 is 4.74 Å². The Kier molecular flexibility index (Phi) is 4.06. The quantitative estimate of drug-likeness (QED) is 0.549. The number of nitrogen functional groups attached to an aromatic ring is 1. The molecular formula is C18H14Cl2N6O4. The van der Waals surface area contributed by atoms with Crippen LogP contribution in [0, 0.1) is 5.92 Å². The second-order valence-corrected chi connectivity index (χ2v) is 8.42. The summed E-state index contributed by atoms with van der Waals surface area (Å²) in [4.78, 5) is 37.7. The van der Waals surface area contributed by atoms with Crippen molar-refractivity contribution in [2.45, 2.75) is 24.7 Å². The van der Waals surface area contributed by atoms with Gasteiger partial charge >= 0.3 is 5.69 Å². The third kappa shape index (κ3) is 2.83. The molecule has 1 aromatic carbocycles. The predicted molar refractivity (Wildman–Crippen MR) is 109 cm³/mol. The van der Waals surface area contributed by atoms with Crippen LogP contribution in [0.5, 0.6) is 11.6 Å². The SMILES string of the molecule is Nc1nn(-c2cc(Cl)c(Oc3cc(C45CC(C4)C5)c(=O)[nH]n3)c(Cl)c2)c(=O)[nH]c1=O. The largest absolute Gasteiger partial charge is 0.434 e. The summed E-state index contributed by atoms with van der Waals surface area (Å²) in [5.41, 5.74) is 4.40. The minimum Gasteiger partial charge on any atom is -0.434 e. The summed E-state index contributed by atoms with van der Waals surface area (Å²) in [6.45, 7) is 0. The Bertz CT molecular complexity index is 1340. The highest BCUT2D eigenvalue weighted by Gasteiger charge is 2.58. The maximum Gasteiger partial charge on any atom is 0.349 e. The van der Waals surface area contributed by atoms with Crippen LogP contribution in [-0.2, 0) is 5.41 Å². The van der Waals surface area contributed by atoms with Crippen LogP contribution in [0.1, 0.15) is 24.8 Å². The first-order valence-corrected chi connectivity index (χ1v) is 9.78. The molecule has 3 aromatic rings. The molecule has 0 aliphatic heterocycles. The molecule has 12 heteroatoms. The maximum absolute atomic E-state index is 12.2. The molecule has 0 atom stereocenters. The van der Waals surface area contributed by atoms with Crippen LogP contribution in [0.25, 0.3) is 5.69 Å². The molecule has 2 heterocycles. The molecule has 3 saturated carbocycles. The lowest BCUT2D eigenvalue weighted by atomic mass is 9.42. The minimum atomic E-state index is -0.805. The molecule has 0 unspecified atom stereocenters. The van der Waals surface area contributed by atoms with Crippen molar-refractivity contribution >= 4 is 29.0 Å². The van der Waals surface area contributed by atoms with E-state index in [0.29, 0.717) is 11.5 Å². The summed E-state index contributed by atoms with van der Waals surface area (Å²) in [6.07, 6.45) is 3.00. The molecule has 2 bridgehead atoms. The number of H-pyrrole nitrogens is 2. The molecule has 0 saturated heterocycles. The van der Waals surface area contributed by atoms with Crippen LogP contribution in [0.2, 0.25) is 10.0 Å². The number of nitrogens with zero attached hydrogens (tertiary/aromatic N) is 3. The van der Waals surface area contributed by atoms with Crippen molar-refractivity contribution in [2.75, 3.05) is 5.73 Å². The van der Waals surface area contributed by atoms with Crippen molar-refractivity contribution in [2.24, 2.45) is 5.92 Å². The van der Waals surface area contributed by atoms with Gasteiger partial charge in [-0.25, -0.2) is 9.89 Å². The number of hydrogen-bond acceptors (Lipinski definition) is 7. The summed E-state index contributed by atoms with van der Waals surface area (Å²) >= 11 is 12.6. The normalized spacial score (nSPS) is 21.6. The fraction of sp³-hybridized carbons (Fsp3) is 0.278. The standard InChI is InChI=1S/C18H14Cl2N6O4/c19-10-1-8(26-17(29)22-16(28)14(21)25-26)2-11(20)13(10)30-12-3-9(15(27)24-23-12)18-4-7(5-18)6-18/h1-3,7H,4-6H2,(H2,21,25)(H,24,27)(H,22,28,29). The third-order valence-electron chi connectivity index (χ3n) is 5.68. The molecule has 3 fully saturated rings. The summed E-state index contributed by atoms with van der Waals surface area (Å²) in [7, 11) is 0. The zero-order valence-electron chi connectivity index (χ0n) is 15.2. The van der Waals surface area contributed by atoms with Crippen LogP contribution in [0.4, 0.5) is 5.82 Å². The van der Waals surface area contributed by atoms with Gasteiger partial charge in [0.25, 0.3) is 11.1 Å². The van der Waals surface area contributed by atoms with Crippen LogP contribution in [-0.4, -0.2) is 25.0 Å². The van der Waals surface area contributed by atoms with E-state index in [0.717, 1.165) is 23.9 Å². The Balaban J connectivity index is 1.50. The maximum atomic E-state index is 12.2. The Morgan fingerprint density at radius 1 is 1.10 bits per heavy atom. The fourth-order valence-corrected chi connectivity index (χ4v) is 4.65. The first kappa shape index (κ1) is 18.9. The van der Waals surface area contributed by atoms with Crippen LogP contribution < -0.4 is 27.3 Å². The first-order chi connectivity index (χ1) is 14.3. The van der Waals surface area contributed by atoms with Gasteiger partial charge < -0.3 is 10.5 Å². The minimum absolute atomic E-state index is 0.0658. The van der Waals surface area contributed by atoms with E-state index >= 15 is 0 Å². The number of benzene rings is 1. The monoisotopic (exact) mass is 448 g/mol. The molecule has 10 nitrogen and oxygen atoms in total. The first-order valence-electron chi connectivity index (χ1n) is 9.02. The number of hydrogen-bond donors (Lipinski definition) is 3. The molecular weight excluding hydrogens is 435 g/mol. The summed E-state index contributed by atoms with van der Waals surface area (Å²) in [5, 5.41) is 10.3. The molecule has 3 aliphatic carbocycles. The highest BCUT2D eigenvalue weighted by atomic mass is 35.5. The summed E-state index contributed by atoms with van der Waals surface area (Å²) < 4.78 is 6.60. The Morgan fingerprint density at radius 3 is 2.37 bits per heavy atom. The number of nitrogens with two attached hydrogens (primary N) is 1. The lowest BCUT2D eigenvalue weighted by Gasteiger charge is -2.61. The molecule has 2 aromatic heterocycles. The Morgan fingerprint density at radius 2 is 1.77 bits per heavy atom. The van der Waals surface area contributed by atoms with Gasteiger partial charge in [0, 0.05) is 17.0 Å². The van der Waals surface area contributed by atoms with E-state index in [1.165, 1.54) is 12.1 Å². The van der Waals surface area contributed by atoms with E-state index in [4.69, 9.17) is 33.7 Å². The van der Waals surface area contributed by atoms with E-state index in [1.807, 2.05) is 4.98 Å². The molecule has 154 valence electrons. The second kappa shape index (κ2) is 6.44. The van der Waals surface area contributed by atoms with Crippen molar-refractivity contribution in [3.63, 3.8) is 0 Å². The third-order valence-corrected chi connectivity index (χ3v) is 6.24. The number of ether oxygens (including phenoxy) is 1. The van der Waals surface area contributed by atoms with E-state index in [-0.39, 0.29) is 44.2 Å². The second-order valence-electron chi connectivity index (χ2n) is 7.60. The van der Waals surface area contributed by atoms with E-state index in [1.54, 1.807) is 6.07 Å². The van der Waals surface area contributed by atoms with Crippen LogP contribution in [0.15, 0.2) is 32.6 Å². The smallest absolute Gasteiger partial charge is 0.349 e. The van der Waals surface area contributed by atoms with Gasteiger partial charge in [0.2, 0.25) is 11.7 Å². The number of nitrogens with one attached hydrogen (secondary N) is 2. The number of aromatic nitrogens is 5. The van der Waals surface area contributed by atoms with Gasteiger partial charge in [-0.2, -0.15) is 4.68 Å². The number of halogens is 2. The molecule has 3 aliphatic rings. The van der Waals surface area contributed by atoms with E-state index in [2.05, 4.69) is 15.3 Å². The molecule has 0 radical (unpaired) electrons. The lowest BCUT2D eigenvalue weighted by molar-refractivity contribution is -0.0288. The van der Waals surface area contributed by atoms with Crippen molar-refractivity contribution in [1.29, 1.82) is 0 Å². The highest BCUT2D eigenvalue weighted by Crippen LogP contribution is 2.64. The topological polar surface area (TPSA) is 149 Å². The molecule has 0 spiro atoms. The van der Waals surface area contributed by atoms with Crippen molar-refractivity contribution in [3.05, 3.63) is 65.0 Å². The number of anilines is 1. The predicted octanol–water partition coefficient (Wildman–Crippen LogP) is 1.74. The fourth-order valence-electron chi connectivity index (χ4n) is 4.10. The van der Waals surface area contributed by atoms with Crippen molar-refractivity contribution in [1.82, 2.24) is 25.0 Å². The van der Waals surface area contributed by atoms with E-state index < -0.39 is 11.2 Å². The lowest BCUT2D eigenvalue weighted by Crippen LogP contribution is -2.57. The van der Waals surface area contributed by atoms with Gasteiger partial charge in [-0.05, 0) is 37.3 Å². The van der Waals surface area contributed by atoms with Crippen LogP contribution in [0.3, 0.4) is 0 Å². The van der Waals surface area contributed by atoms with Crippen molar-refractivity contribution in [3.8, 4) is 17.3 Å². The summed E-state index contributed by atoms with van der Waals surface area (Å²) in [6, 6.07) is 4.37. The van der Waals surface area contributed by atoms with Gasteiger partial charge in [0.05, 0.1) is 15.7 Å². The number of rotatable bonds is 4. The highest BCUT2D eigenvalue weighted by molar-refractivity contribution is 6.37. The Labute approximate surface area is 177 Å². The average molecular weight is 449 g/mol. The van der Waals surface area contributed by atoms with Gasteiger partial charge in [-0.3, -0.25) is 14.6 Å². The van der Waals surface area contributed by atoms with Gasteiger partial charge in [-0.15, -0.1) is 10.2 Å². The average Bonchev–Trinajstić information content (AvgIpc) is 2.61. The van der Waals surface area contributed by atoms with Gasteiger partial charge in [-0.1, -0.05) is 23.2 Å². The molecule has 0 amide bonds. The van der Waals surface area contributed by atoms with Crippen LogP contribution >= 0.6 is 23.2 Å². The summed E-state index contributed by atoms with van der Waals surface area (Å²) in [5.74, 6) is 0.558.